The summed E-state index contributed by atoms with van der Waals surface area (Å²) in [7, 11) is 0. The number of H-pyrrole nitrogens is 1. The third-order valence-electron chi connectivity index (χ3n) is 5.09. The number of imidazole rings is 1. The highest BCUT2D eigenvalue weighted by Crippen LogP contribution is 2.42. The van der Waals surface area contributed by atoms with Crippen molar-refractivity contribution >= 4 is 0 Å². The lowest BCUT2D eigenvalue weighted by Crippen LogP contribution is -1.92. The molecule has 26 heavy (non-hydrogen) atoms. The Morgan fingerprint density at radius 1 is 0.808 bits per heavy atom. The number of aromatic nitrogens is 2. The molecule has 0 bridgehead atoms. The van der Waals surface area contributed by atoms with E-state index < -0.39 is 0 Å². The van der Waals surface area contributed by atoms with Crippen LogP contribution in [0.5, 0.6) is 0 Å². The van der Waals surface area contributed by atoms with Crippen LogP contribution in [0.25, 0.3) is 33.8 Å². The zero-order valence-corrected chi connectivity index (χ0v) is 14.2. The van der Waals surface area contributed by atoms with Crippen LogP contribution in [0.15, 0.2) is 72.8 Å². The molecule has 1 heterocycles. The van der Waals surface area contributed by atoms with E-state index in [9.17, 15) is 5.11 Å². The molecular formula is C23H18N2O. The van der Waals surface area contributed by atoms with E-state index in [1.165, 1.54) is 22.3 Å². The smallest absolute Gasteiger partial charge is 0.138 e. The van der Waals surface area contributed by atoms with Crippen LogP contribution in [0.4, 0.5) is 0 Å². The van der Waals surface area contributed by atoms with E-state index in [0.717, 1.165) is 34.8 Å². The Morgan fingerprint density at radius 3 is 2.38 bits per heavy atom. The van der Waals surface area contributed by atoms with Crippen LogP contribution >= 0.6 is 0 Å². The molecule has 1 aliphatic carbocycles. The third kappa shape index (κ3) is 2.29. The maximum Gasteiger partial charge on any atom is 0.138 e. The number of nitrogens with zero attached hydrogens (tertiary/aromatic N) is 1. The van der Waals surface area contributed by atoms with Gasteiger partial charge in [-0.3, -0.25) is 0 Å². The SMILES string of the molecule is OCc1[nH]c(-c2ccccc2)nc1-c1cccc2c1Cc1ccccc1-2. The van der Waals surface area contributed by atoms with Crippen molar-refractivity contribution < 1.29 is 5.11 Å². The van der Waals surface area contributed by atoms with Crippen molar-refractivity contribution in [3.63, 3.8) is 0 Å². The molecule has 126 valence electrons. The highest BCUT2D eigenvalue weighted by atomic mass is 16.3. The first-order chi connectivity index (χ1) is 12.8. The van der Waals surface area contributed by atoms with E-state index in [2.05, 4.69) is 47.4 Å². The molecule has 0 radical (unpaired) electrons. The van der Waals surface area contributed by atoms with Crippen LogP contribution in [-0.2, 0) is 13.0 Å². The summed E-state index contributed by atoms with van der Waals surface area (Å²) in [4.78, 5) is 8.14. The molecule has 3 aromatic carbocycles. The fraction of sp³-hybridized carbons (Fsp3) is 0.0870. The number of rotatable bonds is 3. The molecule has 3 heteroatoms. The summed E-state index contributed by atoms with van der Waals surface area (Å²) in [5, 5.41) is 9.89. The van der Waals surface area contributed by atoms with Gasteiger partial charge in [-0.1, -0.05) is 72.8 Å². The number of hydrogen-bond donors (Lipinski definition) is 2. The van der Waals surface area contributed by atoms with Crippen molar-refractivity contribution in [3.05, 3.63) is 89.6 Å². The Balaban J connectivity index is 1.67. The molecule has 0 spiro atoms. The Hall–Kier alpha value is -3.17. The molecule has 0 unspecified atom stereocenters. The van der Waals surface area contributed by atoms with Crippen molar-refractivity contribution in [2.45, 2.75) is 13.0 Å². The fourth-order valence-corrected chi connectivity index (χ4v) is 3.86. The summed E-state index contributed by atoms with van der Waals surface area (Å²) < 4.78 is 0. The van der Waals surface area contributed by atoms with Gasteiger partial charge in [-0.25, -0.2) is 4.98 Å². The molecule has 0 fully saturated rings. The Labute approximate surface area is 152 Å². The van der Waals surface area contributed by atoms with Crippen molar-refractivity contribution in [1.29, 1.82) is 0 Å². The highest BCUT2D eigenvalue weighted by molar-refractivity contribution is 5.84. The average molecular weight is 338 g/mol. The van der Waals surface area contributed by atoms with Crippen molar-refractivity contribution in [2.75, 3.05) is 0 Å². The molecule has 0 atom stereocenters. The molecule has 1 aliphatic rings. The lowest BCUT2D eigenvalue weighted by molar-refractivity contribution is 0.278. The van der Waals surface area contributed by atoms with Gasteiger partial charge in [-0.15, -0.1) is 0 Å². The first-order valence-corrected chi connectivity index (χ1v) is 8.81. The van der Waals surface area contributed by atoms with E-state index in [-0.39, 0.29) is 6.61 Å². The summed E-state index contributed by atoms with van der Waals surface area (Å²) in [5.74, 6) is 0.790. The van der Waals surface area contributed by atoms with E-state index in [1.54, 1.807) is 0 Å². The number of hydrogen-bond acceptors (Lipinski definition) is 2. The highest BCUT2D eigenvalue weighted by Gasteiger charge is 2.23. The predicted octanol–water partition coefficient (Wildman–Crippen LogP) is 4.81. The van der Waals surface area contributed by atoms with Gasteiger partial charge in [0, 0.05) is 11.1 Å². The Morgan fingerprint density at radius 2 is 1.54 bits per heavy atom. The predicted molar refractivity (Wildman–Crippen MR) is 104 cm³/mol. The normalized spacial score (nSPS) is 12.0. The van der Waals surface area contributed by atoms with Gasteiger partial charge in [0.15, 0.2) is 0 Å². The summed E-state index contributed by atoms with van der Waals surface area (Å²) >= 11 is 0. The van der Waals surface area contributed by atoms with Crippen LogP contribution < -0.4 is 0 Å². The first-order valence-electron chi connectivity index (χ1n) is 8.81. The maximum atomic E-state index is 9.89. The number of benzene rings is 3. The number of aromatic amines is 1. The van der Waals surface area contributed by atoms with Gasteiger partial charge in [-0.2, -0.15) is 0 Å². The second-order valence-corrected chi connectivity index (χ2v) is 6.60. The summed E-state index contributed by atoms with van der Waals surface area (Å²) in [6, 6.07) is 24.9. The molecule has 4 aromatic rings. The van der Waals surface area contributed by atoms with Gasteiger partial charge in [-0.05, 0) is 28.7 Å². The summed E-state index contributed by atoms with van der Waals surface area (Å²) in [6.45, 7) is -0.0637. The molecular weight excluding hydrogens is 320 g/mol. The number of fused-ring (bicyclic) bond motifs is 3. The van der Waals surface area contributed by atoms with Crippen LogP contribution in [0.1, 0.15) is 16.8 Å². The van der Waals surface area contributed by atoms with E-state index in [4.69, 9.17) is 4.98 Å². The lowest BCUT2D eigenvalue weighted by atomic mass is 9.98. The lowest BCUT2D eigenvalue weighted by Gasteiger charge is -2.07. The zero-order chi connectivity index (χ0) is 17.5. The standard InChI is InChI=1S/C23H18N2O/c26-14-21-22(25-23(24-21)15-7-2-1-3-8-15)19-12-6-11-18-17-10-5-4-9-16(17)13-20(18)19/h1-12,26H,13-14H2,(H,24,25). The minimum atomic E-state index is -0.0637. The van der Waals surface area contributed by atoms with Gasteiger partial charge in [0.2, 0.25) is 0 Å². The minimum absolute atomic E-state index is 0.0637. The van der Waals surface area contributed by atoms with Gasteiger partial charge in [0.05, 0.1) is 18.0 Å². The molecule has 2 N–H and O–H groups in total. The molecule has 1 aromatic heterocycles. The van der Waals surface area contributed by atoms with Crippen LogP contribution in [0, 0.1) is 0 Å². The van der Waals surface area contributed by atoms with Gasteiger partial charge < -0.3 is 10.1 Å². The molecule has 0 saturated heterocycles. The topological polar surface area (TPSA) is 48.9 Å². The van der Waals surface area contributed by atoms with Gasteiger partial charge in [0.25, 0.3) is 0 Å². The monoisotopic (exact) mass is 338 g/mol. The van der Waals surface area contributed by atoms with E-state index in [0.29, 0.717) is 0 Å². The first kappa shape index (κ1) is 15.1. The summed E-state index contributed by atoms with van der Waals surface area (Å²) in [6.07, 6.45) is 0.903. The van der Waals surface area contributed by atoms with Crippen molar-refractivity contribution in [2.24, 2.45) is 0 Å². The maximum absolute atomic E-state index is 9.89. The van der Waals surface area contributed by atoms with Crippen LogP contribution in [0.3, 0.4) is 0 Å². The molecule has 0 saturated carbocycles. The number of aliphatic hydroxyl groups excluding tert-OH is 1. The quantitative estimate of drug-likeness (QED) is 0.496. The van der Waals surface area contributed by atoms with Crippen molar-refractivity contribution in [3.8, 4) is 33.8 Å². The molecule has 0 amide bonds. The largest absolute Gasteiger partial charge is 0.390 e. The second kappa shape index (κ2) is 5.97. The van der Waals surface area contributed by atoms with Gasteiger partial charge >= 0.3 is 0 Å². The fourth-order valence-electron chi connectivity index (χ4n) is 3.86. The minimum Gasteiger partial charge on any atom is -0.390 e. The van der Waals surface area contributed by atoms with Gasteiger partial charge in [0.1, 0.15) is 5.82 Å². The Kier molecular flexibility index (Phi) is 3.47. The zero-order valence-electron chi connectivity index (χ0n) is 14.2. The van der Waals surface area contributed by atoms with Crippen LogP contribution in [0.2, 0.25) is 0 Å². The van der Waals surface area contributed by atoms with Crippen molar-refractivity contribution in [1.82, 2.24) is 9.97 Å². The molecule has 5 rings (SSSR count). The Bertz CT molecular complexity index is 1100. The van der Waals surface area contributed by atoms with E-state index in [1.807, 2.05) is 30.3 Å². The third-order valence-corrected chi connectivity index (χ3v) is 5.09. The van der Waals surface area contributed by atoms with Crippen LogP contribution in [-0.4, -0.2) is 15.1 Å². The molecule has 3 nitrogen and oxygen atoms in total. The number of nitrogens with one attached hydrogen (secondary N) is 1. The van der Waals surface area contributed by atoms with E-state index >= 15 is 0 Å². The summed E-state index contributed by atoms with van der Waals surface area (Å²) in [5.41, 5.74) is 8.92. The number of aliphatic hydroxyl groups is 1. The molecule has 0 aliphatic heterocycles. The second-order valence-electron chi connectivity index (χ2n) is 6.60. The average Bonchev–Trinajstić information content (AvgIpc) is 3.30.